The van der Waals surface area contributed by atoms with Crippen LogP contribution in [0.5, 0.6) is 0 Å². The molecule has 0 spiro atoms. The Morgan fingerprint density at radius 1 is 1.31 bits per heavy atom. The summed E-state index contributed by atoms with van der Waals surface area (Å²) in [5.41, 5.74) is 2.99. The fourth-order valence-corrected chi connectivity index (χ4v) is 1.72. The molecule has 1 atom stereocenters. The van der Waals surface area contributed by atoms with Crippen molar-refractivity contribution in [1.82, 2.24) is 5.32 Å². The van der Waals surface area contributed by atoms with Crippen LogP contribution in [-0.2, 0) is 0 Å². The fraction of sp³-hybridized carbons (Fsp3) is 0.462. The molecule has 1 aromatic carbocycles. The summed E-state index contributed by atoms with van der Waals surface area (Å²) in [4.78, 5) is 12.2. The quantitative estimate of drug-likeness (QED) is 0.845. The van der Waals surface area contributed by atoms with E-state index in [1.54, 1.807) is 0 Å². The summed E-state index contributed by atoms with van der Waals surface area (Å²) in [7, 11) is 0. The smallest absolute Gasteiger partial charge is 0.251 e. The molecule has 0 saturated carbocycles. The van der Waals surface area contributed by atoms with E-state index < -0.39 is 0 Å². The zero-order chi connectivity index (χ0) is 12.1. The molecule has 0 aliphatic rings. The Morgan fingerprint density at radius 3 is 2.38 bits per heavy atom. The van der Waals surface area contributed by atoms with Crippen molar-refractivity contribution in [3.8, 4) is 0 Å². The van der Waals surface area contributed by atoms with Gasteiger partial charge in [-0.3, -0.25) is 4.79 Å². The first-order valence-electron chi connectivity index (χ1n) is 5.53. The van der Waals surface area contributed by atoms with Crippen LogP contribution in [0.2, 0.25) is 0 Å². The minimum Gasteiger partial charge on any atom is -0.351 e. The van der Waals surface area contributed by atoms with Crippen LogP contribution in [0.25, 0.3) is 0 Å². The van der Waals surface area contributed by atoms with Crippen LogP contribution in [0.15, 0.2) is 18.2 Å². The standard InChI is InChI=1S/C13H18BrNO/c1-4-12(14)8-15-13(16)11-6-9(2)5-10(3)7-11/h5-7,12H,4,8H2,1-3H3,(H,15,16). The van der Waals surface area contributed by atoms with Gasteiger partial charge in [0.25, 0.3) is 5.91 Å². The monoisotopic (exact) mass is 283 g/mol. The number of rotatable bonds is 4. The number of benzene rings is 1. The van der Waals surface area contributed by atoms with Gasteiger partial charge in [-0.15, -0.1) is 0 Å². The largest absolute Gasteiger partial charge is 0.351 e. The summed E-state index contributed by atoms with van der Waals surface area (Å²) in [6.07, 6.45) is 1.01. The molecule has 3 heteroatoms. The number of alkyl halides is 1. The summed E-state index contributed by atoms with van der Waals surface area (Å²) in [5, 5.41) is 2.92. The highest BCUT2D eigenvalue weighted by Crippen LogP contribution is 2.09. The lowest BCUT2D eigenvalue weighted by Crippen LogP contribution is -2.29. The first-order chi connectivity index (χ1) is 7.52. The zero-order valence-corrected chi connectivity index (χ0v) is 11.6. The maximum Gasteiger partial charge on any atom is 0.251 e. The number of carbonyl (C=O) groups excluding carboxylic acids is 1. The summed E-state index contributed by atoms with van der Waals surface area (Å²) >= 11 is 3.49. The van der Waals surface area contributed by atoms with Crippen molar-refractivity contribution in [3.05, 3.63) is 34.9 Å². The summed E-state index contributed by atoms with van der Waals surface area (Å²) < 4.78 is 0. The predicted molar refractivity (Wildman–Crippen MR) is 71.3 cm³/mol. The van der Waals surface area contributed by atoms with Crippen molar-refractivity contribution in [3.63, 3.8) is 0 Å². The Bertz CT molecular complexity index is 356. The van der Waals surface area contributed by atoms with E-state index in [4.69, 9.17) is 0 Å². The average molecular weight is 284 g/mol. The fourth-order valence-electron chi connectivity index (χ4n) is 1.56. The van der Waals surface area contributed by atoms with E-state index in [0.717, 1.165) is 23.1 Å². The van der Waals surface area contributed by atoms with E-state index in [2.05, 4.69) is 34.2 Å². The molecule has 0 heterocycles. The maximum absolute atomic E-state index is 11.8. The van der Waals surface area contributed by atoms with Crippen molar-refractivity contribution >= 4 is 21.8 Å². The van der Waals surface area contributed by atoms with Crippen LogP contribution in [0.1, 0.15) is 34.8 Å². The third kappa shape index (κ3) is 3.97. The lowest BCUT2D eigenvalue weighted by atomic mass is 10.1. The minimum absolute atomic E-state index is 0.00435. The first kappa shape index (κ1) is 13.2. The Labute approximate surface area is 106 Å². The third-order valence-corrected chi connectivity index (χ3v) is 3.38. The van der Waals surface area contributed by atoms with Gasteiger partial charge in [0.15, 0.2) is 0 Å². The van der Waals surface area contributed by atoms with Gasteiger partial charge < -0.3 is 5.32 Å². The van der Waals surface area contributed by atoms with Crippen molar-refractivity contribution in [1.29, 1.82) is 0 Å². The third-order valence-electron chi connectivity index (χ3n) is 2.41. The number of hydrogen-bond donors (Lipinski definition) is 1. The van der Waals surface area contributed by atoms with Crippen LogP contribution in [-0.4, -0.2) is 17.3 Å². The molecule has 1 rings (SSSR count). The van der Waals surface area contributed by atoms with Gasteiger partial charge in [0, 0.05) is 16.9 Å². The summed E-state index contributed by atoms with van der Waals surface area (Å²) in [6.45, 7) is 6.76. The molecule has 0 aliphatic heterocycles. The van der Waals surface area contributed by atoms with E-state index in [1.807, 2.05) is 26.0 Å². The molecular weight excluding hydrogens is 266 g/mol. The first-order valence-corrected chi connectivity index (χ1v) is 6.45. The molecule has 0 saturated heterocycles. The molecule has 2 nitrogen and oxygen atoms in total. The number of hydrogen-bond acceptors (Lipinski definition) is 1. The molecule has 1 unspecified atom stereocenters. The molecule has 1 amide bonds. The van der Waals surface area contributed by atoms with Gasteiger partial charge in [0.1, 0.15) is 0 Å². The van der Waals surface area contributed by atoms with E-state index in [-0.39, 0.29) is 5.91 Å². The zero-order valence-electron chi connectivity index (χ0n) is 10.0. The highest BCUT2D eigenvalue weighted by Gasteiger charge is 2.08. The summed E-state index contributed by atoms with van der Waals surface area (Å²) in [5.74, 6) is 0.00435. The van der Waals surface area contributed by atoms with Crippen LogP contribution in [0.4, 0.5) is 0 Å². The molecule has 0 aliphatic carbocycles. The maximum atomic E-state index is 11.8. The van der Waals surface area contributed by atoms with Gasteiger partial charge in [-0.25, -0.2) is 0 Å². The van der Waals surface area contributed by atoms with Crippen molar-refractivity contribution in [2.24, 2.45) is 0 Å². The number of aryl methyl sites for hydroxylation is 2. The summed E-state index contributed by atoms with van der Waals surface area (Å²) in [6, 6.07) is 5.89. The molecule has 1 N–H and O–H groups in total. The molecule has 16 heavy (non-hydrogen) atoms. The van der Waals surface area contributed by atoms with Crippen molar-refractivity contribution in [2.75, 3.05) is 6.54 Å². The molecular formula is C13H18BrNO. The molecule has 0 radical (unpaired) electrons. The topological polar surface area (TPSA) is 29.1 Å². The van der Waals surface area contributed by atoms with Crippen LogP contribution in [0.3, 0.4) is 0 Å². The normalized spacial score (nSPS) is 12.2. The van der Waals surface area contributed by atoms with Gasteiger partial charge in [0.2, 0.25) is 0 Å². The van der Waals surface area contributed by atoms with E-state index in [0.29, 0.717) is 11.4 Å². The SMILES string of the molecule is CCC(Br)CNC(=O)c1cc(C)cc(C)c1. The second kappa shape index (κ2) is 6.04. The lowest BCUT2D eigenvalue weighted by Gasteiger charge is -2.09. The second-order valence-electron chi connectivity index (χ2n) is 4.09. The minimum atomic E-state index is 0.00435. The van der Waals surface area contributed by atoms with Gasteiger partial charge in [-0.2, -0.15) is 0 Å². The lowest BCUT2D eigenvalue weighted by molar-refractivity contribution is 0.0953. The Hall–Kier alpha value is -0.830. The van der Waals surface area contributed by atoms with Gasteiger partial charge in [0.05, 0.1) is 0 Å². The van der Waals surface area contributed by atoms with Gasteiger partial charge in [-0.05, 0) is 32.4 Å². The van der Waals surface area contributed by atoms with Gasteiger partial charge in [-0.1, -0.05) is 40.0 Å². The molecule has 0 aromatic heterocycles. The van der Waals surface area contributed by atoms with E-state index in [1.165, 1.54) is 0 Å². The molecule has 0 fully saturated rings. The van der Waals surface area contributed by atoms with Gasteiger partial charge >= 0.3 is 0 Å². The number of amides is 1. The van der Waals surface area contributed by atoms with Crippen LogP contribution >= 0.6 is 15.9 Å². The van der Waals surface area contributed by atoms with Crippen LogP contribution in [0, 0.1) is 13.8 Å². The van der Waals surface area contributed by atoms with E-state index >= 15 is 0 Å². The van der Waals surface area contributed by atoms with Crippen molar-refractivity contribution in [2.45, 2.75) is 32.0 Å². The Balaban J connectivity index is 2.66. The predicted octanol–water partition coefficient (Wildman–Crippen LogP) is 3.21. The molecule has 88 valence electrons. The van der Waals surface area contributed by atoms with E-state index in [9.17, 15) is 4.79 Å². The molecule has 0 bridgehead atoms. The Kier molecular flexibility index (Phi) is 5.00. The Morgan fingerprint density at radius 2 is 1.88 bits per heavy atom. The van der Waals surface area contributed by atoms with Crippen molar-refractivity contribution < 1.29 is 4.79 Å². The van der Waals surface area contributed by atoms with Crippen LogP contribution < -0.4 is 5.32 Å². The number of halogens is 1. The highest BCUT2D eigenvalue weighted by molar-refractivity contribution is 9.09. The number of carbonyl (C=O) groups is 1. The average Bonchev–Trinajstić information content (AvgIpc) is 2.23. The second-order valence-corrected chi connectivity index (χ2v) is 5.39. The number of nitrogens with one attached hydrogen (secondary N) is 1. The molecule has 1 aromatic rings. The highest BCUT2D eigenvalue weighted by atomic mass is 79.9.